The van der Waals surface area contributed by atoms with Crippen LogP contribution in [0.3, 0.4) is 0 Å². The van der Waals surface area contributed by atoms with E-state index in [1.807, 2.05) is 38.8 Å². The third-order valence-corrected chi connectivity index (χ3v) is 5.76. The van der Waals surface area contributed by atoms with Gasteiger partial charge in [0.25, 0.3) is 5.91 Å². The second kappa shape index (κ2) is 9.43. The number of carbonyl (C=O) groups excluding carboxylic acids is 2. The standard InChI is InChI=1S/C20H27N5O3S/c1-12(2)17(24-19(27)15-10-28-8-7-25(15)4)20-22-14(11-29-20)18(26)23-16-6-5-13(3)9-21-16/h5-6,9,11-12,15,17H,7-8,10H2,1-4H3,(H,24,27)(H,21,23,26)/t15-,17-/m1/s1. The van der Waals surface area contributed by atoms with Gasteiger partial charge in [0.05, 0.1) is 19.3 Å². The molecular formula is C20H27N5O3S. The van der Waals surface area contributed by atoms with E-state index in [0.717, 1.165) is 12.1 Å². The van der Waals surface area contributed by atoms with Gasteiger partial charge in [-0.2, -0.15) is 0 Å². The van der Waals surface area contributed by atoms with Gasteiger partial charge in [-0.05, 0) is 31.5 Å². The number of amides is 2. The van der Waals surface area contributed by atoms with Crippen LogP contribution in [0.4, 0.5) is 5.82 Å². The number of nitrogens with one attached hydrogen (secondary N) is 2. The normalized spacial score (nSPS) is 18.4. The van der Waals surface area contributed by atoms with Gasteiger partial charge in [-0.25, -0.2) is 9.97 Å². The van der Waals surface area contributed by atoms with E-state index in [9.17, 15) is 9.59 Å². The average Bonchev–Trinajstić information content (AvgIpc) is 3.17. The van der Waals surface area contributed by atoms with E-state index in [1.165, 1.54) is 11.3 Å². The van der Waals surface area contributed by atoms with Crippen molar-refractivity contribution in [3.63, 3.8) is 0 Å². The third-order valence-electron chi connectivity index (χ3n) is 4.84. The molecule has 3 heterocycles. The zero-order valence-corrected chi connectivity index (χ0v) is 18.0. The molecule has 8 nitrogen and oxygen atoms in total. The van der Waals surface area contributed by atoms with Gasteiger partial charge in [-0.1, -0.05) is 19.9 Å². The van der Waals surface area contributed by atoms with Crippen LogP contribution in [0, 0.1) is 12.8 Å². The summed E-state index contributed by atoms with van der Waals surface area (Å²) in [5.41, 5.74) is 1.33. The van der Waals surface area contributed by atoms with E-state index in [-0.39, 0.29) is 29.8 Å². The van der Waals surface area contributed by atoms with E-state index in [4.69, 9.17) is 4.74 Å². The van der Waals surface area contributed by atoms with Crippen molar-refractivity contribution in [2.45, 2.75) is 32.9 Å². The molecule has 1 saturated heterocycles. The fourth-order valence-corrected chi connectivity index (χ4v) is 4.00. The minimum absolute atomic E-state index is 0.0871. The Labute approximate surface area is 174 Å². The Hall–Kier alpha value is -2.36. The number of morpholine rings is 1. The molecule has 0 unspecified atom stereocenters. The minimum Gasteiger partial charge on any atom is -0.378 e. The number of pyridine rings is 1. The van der Waals surface area contributed by atoms with Gasteiger partial charge in [-0.3, -0.25) is 14.5 Å². The molecule has 1 fully saturated rings. The first kappa shape index (κ1) is 21.4. The van der Waals surface area contributed by atoms with Gasteiger partial charge >= 0.3 is 0 Å². The van der Waals surface area contributed by atoms with Crippen LogP contribution in [0.2, 0.25) is 0 Å². The van der Waals surface area contributed by atoms with Crippen molar-refractivity contribution >= 4 is 29.0 Å². The Morgan fingerprint density at radius 3 is 2.79 bits per heavy atom. The predicted octanol–water partition coefficient (Wildman–Crippen LogP) is 2.24. The number of hydrogen-bond acceptors (Lipinski definition) is 7. The monoisotopic (exact) mass is 417 g/mol. The largest absolute Gasteiger partial charge is 0.378 e. The quantitative estimate of drug-likeness (QED) is 0.748. The summed E-state index contributed by atoms with van der Waals surface area (Å²) in [5.74, 6) is 0.188. The van der Waals surface area contributed by atoms with Crippen LogP contribution in [0.1, 0.15) is 40.9 Å². The molecule has 9 heteroatoms. The highest BCUT2D eigenvalue weighted by atomic mass is 32.1. The molecule has 29 heavy (non-hydrogen) atoms. The van der Waals surface area contributed by atoms with Gasteiger partial charge in [0.15, 0.2) is 0 Å². The number of nitrogens with zero attached hydrogens (tertiary/aromatic N) is 3. The molecule has 1 aliphatic rings. The van der Waals surface area contributed by atoms with Crippen molar-refractivity contribution in [2.75, 3.05) is 32.1 Å². The van der Waals surface area contributed by atoms with Crippen LogP contribution in [0.25, 0.3) is 0 Å². The maximum Gasteiger partial charge on any atom is 0.276 e. The third kappa shape index (κ3) is 5.37. The molecule has 2 aromatic rings. The highest BCUT2D eigenvalue weighted by Gasteiger charge is 2.30. The summed E-state index contributed by atoms with van der Waals surface area (Å²) in [6.07, 6.45) is 1.69. The van der Waals surface area contributed by atoms with Gasteiger partial charge in [0.2, 0.25) is 5.91 Å². The van der Waals surface area contributed by atoms with Crippen molar-refractivity contribution in [3.8, 4) is 0 Å². The lowest BCUT2D eigenvalue weighted by Crippen LogP contribution is -2.53. The molecule has 0 aromatic carbocycles. The van der Waals surface area contributed by atoms with Crippen LogP contribution < -0.4 is 10.6 Å². The SMILES string of the molecule is Cc1ccc(NC(=O)c2csc([C@H](NC(=O)[C@H]3COCCN3C)C(C)C)n2)nc1. The number of aryl methyl sites for hydroxylation is 1. The van der Waals surface area contributed by atoms with Gasteiger partial charge < -0.3 is 15.4 Å². The molecule has 2 N–H and O–H groups in total. The smallest absolute Gasteiger partial charge is 0.276 e. The van der Waals surface area contributed by atoms with Crippen LogP contribution in [-0.4, -0.2) is 59.5 Å². The molecule has 156 valence electrons. The Morgan fingerprint density at radius 2 is 2.14 bits per heavy atom. The molecule has 1 aliphatic heterocycles. The lowest BCUT2D eigenvalue weighted by atomic mass is 10.0. The maximum atomic E-state index is 12.8. The van der Waals surface area contributed by atoms with Crippen LogP contribution in [0.5, 0.6) is 0 Å². The van der Waals surface area contributed by atoms with E-state index >= 15 is 0 Å². The number of hydrogen-bond donors (Lipinski definition) is 2. The van der Waals surface area contributed by atoms with E-state index in [2.05, 4.69) is 20.6 Å². The Kier molecular flexibility index (Phi) is 6.94. The summed E-state index contributed by atoms with van der Waals surface area (Å²) in [4.78, 5) is 35.9. The molecule has 2 amide bonds. The Morgan fingerprint density at radius 1 is 1.34 bits per heavy atom. The first-order valence-corrected chi connectivity index (χ1v) is 10.5. The summed E-state index contributed by atoms with van der Waals surface area (Å²) < 4.78 is 5.45. The molecule has 0 bridgehead atoms. The molecule has 2 aromatic heterocycles. The zero-order valence-electron chi connectivity index (χ0n) is 17.1. The molecule has 0 radical (unpaired) electrons. The second-order valence-electron chi connectivity index (χ2n) is 7.55. The minimum atomic E-state index is -0.321. The first-order chi connectivity index (χ1) is 13.8. The summed E-state index contributed by atoms with van der Waals surface area (Å²) in [6, 6.07) is 3.04. The lowest BCUT2D eigenvalue weighted by Gasteiger charge is -2.32. The van der Waals surface area contributed by atoms with Crippen molar-refractivity contribution < 1.29 is 14.3 Å². The molecule has 0 saturated carbocycles. The zero-order chi connectivity index (χ0) is 21.0. The summed E-state index contributed by atoms with van der Waals surface area (Å²) in [7, 11) is 1.92. The van der Waals surface area contributed by atoms with E-state index in [0.29, 0.717) is 29.7 Å². The molecular weight excluding hydrogens is 390 g/mol. The lowest BCUT2D eigenvalue weighted by molar-refractivity contribution is -0.132. The van der Waals surface area contributed by atoms with Gasteiger partial charge in [-0.15, -0.1) is 11.3 Å². The Bertz CT molecular complexity index is 852. The second-order valence-corrected chi connectivity index (χ2v) is 8.44. The highest BCUT2D eigenvalue weighted by Crippen LogP contribution is 2.26. The van der Waals surface area contributed by atoms with Crippen molar-refractivity contribution in [3.05, 3.63) is 40.0 Å². The molecule has 2 atom stereocenters. The number of thiazole rings is 1. The fraction of sp³-hybridized carbons (Fsp3) is 0.500. The van der Waals surface area contributed by atoms with Gasteiger partial charge in [0.1, 0.15) is 22.6 Å². The summed E-state index contributed by atoms with van der Waals surface area (Å²) in [6.45, 7) is 7.70. The van der Waals surface area contributed by atoms with E-state index < -0.39 is 0 Å². The molecule has 3 rings (SSSR count). The number of anilines is 1. The molecule has 0 spiro atoms. The highest BCUT2D eigenvalue weighted by molar-refractivity contribution is 7.10. The number of rotatable bonds is 6. The van der Waals surface area contributed by atoms with Crippen molar-refractivity contribution in [1.82, 2.24) is 20.2 Å². The van der Waals surface area contributed by atoms with Crippen LogP contribution in [0.15, 0.2) is 23.7 Å². The number of likely N-dealkylation sites (N-methyl/N-ethyl adjacent to an activating group) is 1. The van der Waals surface area contributed by atoms with Crippen molar-refractivity contribution in [2.24, 2.45) is 5.92 Å². The average molecular weight is 418 g/mol. The maximum absolute atomic E-state index is 12.8. The number of aromatic nitrogens is 2. The summed E-state index contributed by atoms with van der Waals surface area (Å²) in [5, 5.41) is 8.24. The number of ether oxygens (including phenoxy) is 1. The van der Waals surface area contributed by atoms with Crippen LogP contribution >= 0.6 is 11.3 Å². The fourth-order valence-electron chi connectivity index (χ4n) is 2.98. The first-order valence-electron chi connectivity index (χ1n) is 9.63. The Balaban J connectivity index is 1.68. The van der Waals surface area contributed by atoms with E-state index in [1.54, 1.807) is 17.6 Å². The number of carbonyl (C=O) groups is 2. The predicted molar refractivity (Wildman–Crippen MR) is 112 cm³/mol. The van der Waals surface area contributed by atoms with Gasteiger partial charge in [0, 0.05) is 18.1 Å². The van der Waals surface area contributed by atoms with Crippen LogP contribution in [-0.2, 0) is 9.53 Å². The molecule has 0 aliphatic carbocycles. The summed E-state index contributed by atoms with van der Waals surface area (Å²) >= 11 is 1.36. The van der Waals surface area contributed by atoms with Crippen molar-refractivity contribution in [1.29, 1.82) is 0 Å². The topological polar surface area (TPSA) is 96.5 Å².